The van der Waals surface area contributed by atoms with Crippen LogP contribution in [0.3, 0.4) is 0 Å². The Morgan fingerprint density at radius 2 is 1.91 bits per heavy atom. The highest BCUT2D eigenvalue weighted by Crippen LogP contribution is 2.12. The van der Waals surface area contributed by atoms with E-state index in [-0.39, 0.29) is 5.82 Å². The molecular weight excluding hydrogens is 165 g/mol. The molecular formula is C8H9ClFN. The lowest BCUT2D eigenvalue weighted by molar-refractivity contribution is 0.628. The summed E-state index contributed by atoms with van der Waals surface area (Å²) < 4.78 is 12.4. The third-order valence-electron chi connectivity index (χ3n) is 1.45. The van der Waals surface area contributed by atoms with E-state index in [4.69, 9.17) is 11.6 Å². The molecule has 0 heterocycles. The van der Waals surface area contributed by atoms with E-state index in [2.05, 4.69) is 0 Å². The summed E-state index contributed by atoms with van der Waals surface area (Å²) in [6.45, 7) is 0. The van der Waals surface area contributed by atoms with Crippen LogP contribution in [0.25, 0.3) is 0 Å². The summed E-state index contributed by atoms with van der Waals surface area (Å²) in [5.41, 5.74) is 0.918. The lowest BCUT2D eigenvalue weighted by atomic mass is 10.3. The second-order valence-electron chi connectivity index (χ2n) is 2.29. The van der Waals surface area contributed by atoms with Crippen molar-refractivity contribution in [2.45, 2.75) is 0 Å². The zero-order valence-electron chi connectivity index (χ0n) is 6.22. The number of anilines is 1. The molecule has 1 nitrogen and oxygen atoms in total. The van der Waals surface area contributed by atoms with Gasteiger partial charge in [0.1, 0.15) is 5.82 Å². The second kappa shape index (κ2) is 3.58. The smallest absolute Gasteiger partial charge is 0.123 e. The maximum absolute atomic E-state index is 12.4. The molecule has 0 amide bonds. The molecule has 0 aliphatic rings. The quantitative estimate of drug-likeness (QED) is 0.491. The van der Waals surface area contributed by atoms with Crippen LogP contribution in [-0.2, 0) is 0 Å². The van der Waals surface area contributed by atoms with E-state index < -0.39 is 0 Å². The molecule has 0 unspecified atom stereocenters. The fourth-order valence-electron chi connectivity index (χ4n) is 0.765. The average molecular weight is 174 g/mol. The predicted molar refractivity (Wildman–Crippen MR) is 45.5 cm³/mol. The van der Waals surface area contributed by atoms with Crippen LogP contribution in [-0.4, -0.2) is 13.1 Å². The number of rotatable bonds is 2. The lowest BCUT2D eigenvalue weighted by Crippen LogP contribution is -2.13. The van der Waals surface area contributed by atoms with E-state index in [0.717, 1.165) is 5.69 Å². The maximum atomic E-state index is 12.4. The predicted octanol–water partition coefficient (Wildman–Crippen LogP) is 2.46. The summed E-state index contributed by atoms with van der Waals surface area (Å²) in [7, 11) is 1.85. The van der Waals surface area contributed by atoms with Crippen LogP contribution in [0.5, 0.6) is 0 Å². The van der Waals surface area contributed by atoms with Gasteiger partial charge >= 0.3 is 0 Å². The molecule has 0 aliphatic heterocycles. The lowest BCUT2D eigenvalue weighted by Gasteiger charge is -2.14. The largest absolute Gasteiger partial charge is 0.361 e. The molecule has 3 heteroatoms. The topological polar surface area (TPSA) is 3.24 Å². The Hall–Kier alpha value is -0.760. The van der Waals surface area contributed by atoms with Gasteiger partial charge < -0.3 is 4.90 Å². The highest BCUT2D eigenvalue weighted by atomic mass is 35.5. The molecule has 0 fully saturated rings. The zero-order chi connectivity index (χ0) is 8.27. The number of hydrogen-bond donors (Lipinski definition) is 0. The minimum atomic E-state index is -0.225. The first-order valence-electron chi connectivity index (χ1n) is 3.26. The molecule has 0 saturated carbocycles. The SMILES string of the molecule is CN(CCl)c1ccc(F)cc1. The van der Waals surface area contributed by atoms with Gasteiger partial charge in [0.05, 0.1) is 6.00 Å². The molecule has 1 rings (SSSR count). The summed E-state index contributed by atoms with van der Waals surface area (Å²) in [5, 5.41) is 0. The Morgan fingerprint density at radius 3 is 2.36 bits per heavy atom. The molecule has 0 spiro atoms. The van der Waals surface area contributed by atoms with Crippen molar-refractivity contribution in [1.29, 1.82) is 0 Å². The summed E-state index contributed by atoms with van der Waals surface area (Å²) >= 11 is 5.56. The van der Waals surface area contributed by atoms with Crippen molar-refractivity contribution >= 4 is 17.3 Å². The van der Waals surface area contributed by atoms with Crippen LogP contribution in [0.2, 0.25) is 0 Å². The molecule has 1 aromatic rings. The number of halogens is 2. The Labute approximate surface area is 70.4 Å². The monoisotopic (exact) mass is 173 g/mol. The first-order valence-corrected chi connectivity index (χ1v) is 3.80. The number of hydrogen-bond acceptors (Lipinski definition) is 1. The molecule has 0 aromatic heterocycles. The van der Waals surface area contributed by atoms with Crippen molar-refractivity contribution in [1.82, 2.24) is 0 Å². The van der Waals surface area contributed by atoms with Crippen molar-refractivity contribution < 1.29 is 4.39 Å². The first-order chi connectivity index (χ1) is 5.24. The highest BCUT2D eigenvalue weighted by Gasteiger charge is 1.97. The van der Waals surface area contributed by atoms with Crippen LogP contribution in [0.15, 0.2) is 24.3 Å². The molecule has 0 N–H and O–H groups in total. The van der Waals surface area contributed by atoms with Crippen LogP contribution < -0.4 is 4.90 Å². The van der Waals surface area contributed by atoms with E-state index in [9.17, 15) is 4.39 Å². The molecule has 0 aliphatic carbocycles. The minimum absolute atomic E-state index is 0.225. The third kappa shape index (κ3) is 2.09. The Kier molecular flexibility index (Phi) is 2.71. The normalized spacial score (nSPS) is 9.73. The van der Waals surface area contributed by atoms with E-state index in [0.29, 0.717) is 6.00 Å². The van der Waals surface area contributed by atoms with E-state index in [1.807, 2.05) is 11.9 Å². The minimum Gasteiger partial charge on any atom is -0.361 e. The fourth-order valence-corrected chi connectivity index (χ4v) is 0.903. The van der Waals surface area contributed by atoms with Crippen molar-refractivity contribution in [3.8, 4) is 0 Å². The van der Waals surface area contributed by atoms with E-state index in [1.54, 1.807) is 12.1 Å². The molecule has 1 aromatic carbocycles. The maximum Gasteiger partial charge on any atom is 0.123 e. The number of alkyl halides is 1. The van der Waals surface area contributed by atoms with Gasteiger partial charge in [-0.2, -0.15) is 0 Å². The van der Waals surface area contributed by atoms with E-state index >= 15 is 0 Å². The summed E-state index contributed by atoms with van der Waals surface area (Å²) in [4.78, 5) is 1.82. The van der Waals surface area contributed by atoms with Gasteiger partial charge in [0.15, 0.2) is 0 Å². The van der Waals surface area contributed by atoms with Crippen molar-refractivity contribution in [2.24, 2.45) is 0 Å². The fraction of sp³-hybridized carbons (Fsp3) is 0.250. The van der Waals surface area contributed by atoms with Gasteiger partial charge in [0, 0.05) is 12.7 Å². The Bertz CT molecular complexity index is 222. The van der Waals surface area contributed by atoms with Crippen LogP contribution in [0, 0.1) is 5.82 Å². The van der Waals surface area contributed by atoms with E-state index in [1.165, 1.54) is 12.1 Å². The third-order valence-corrected chi connectivity index (χ3v) is 1.81. The van der Waals surface area contributed by atoms with Gasteiger partial charge in [-0.25, -0.2) is 4.39 Å². The van der Waals surface area contributed by atoms with Gasteiger partial charge in [-0.3, -0.25) is 0 Å². The molecule has 0 bridgehead atoms. The van der Waals surface area contributed by atoms with Crippen LogP contribution in [0.4, 0.5) is 10.1 Å². The van der Waals surface area contributed by atoms with Crippen molar-refractivity contribution in [2.75, 3.05) is 18.0 Å². The molecule has 0 atom stereocenters. The average Bonchev–Trinajstić information content (AvgIpc) is 2.05. The van der Waals surface area contributed by atoms with Gasteiger partial charge in [-0.05, 0) is 24.3 Å². The standard InChI is InChI=1S/C8H9ClFN/c1-11(6-9)8-4-2-7(10)3-5-8/h2-5H,6H2,1H3. The number of nitrogens with zero attached hydrogens (tertiary/aromatic N) is 1. The number of benzene rings is 1. The summed E-state index contributed by atoms with van der Waals surface area (Å²) in [6.07, 6.45) is 0. The summed E-state index contributed by atoms with van der Waals surface area (Å²) in [5.74, 6) is -0.225. The van der Waals surface area contributed by atoms with Gasteiger partial charge in [-0.1, -0.05) is 0 Å². The Balaban J connectivity index is 2.81. The Morgan fingerprint density at radius 1 is 1.36 bits per heavy atom. The van der Waals surface area contributed by atoms with Crippen LogP contribution in [0.1, 0.15) is 0 Å². The summed E-state index contributed by atoms with van der Waals surface area (Å²) in [6, 6.07) is 6.62. The molecule has 11 heavy (non-hydrogen) atoms. The molecule has 0 saturated heterocycles. The van der Waals surface area contributed by atoms with Crippen molar-refractivity contribution in [3.63, 3.8) is 0 Å². The molecule has 0 radical (unpaired) electrons. The van der Waals surface area contributed by atoms with Crippen molar-refractivity contribution in [3.05, 3.63) is 30.1 Å². The zero-order valence-corrected chi connectivity index (χ0v) is 6.98. The molecule has 60 valence electrons. The van der Waals surface area contributed by atoms with Gasteiger partial charge in [-0.15, -0.1) is 11.6 Å². The second-order valence-corrected chi connectivity index (χ2v) is 2.53. The first kappa shape index (κ1) is 8.34. The van der Waals surface area contributed by atoms with Gasteiger partial charge in [0.2, 0.25) is 0 Å². The highest BCUT2D eigenvalue weighted by molar-refractivity contribution is 6.18. The van der Waals surface area contributed by atoms with Gasteiger partial charge in [0.25, 0.3) is 0 Å². The van der Waals surface area contributed by atoms with Crippen LogP contribution >= 0.6 is 11.6 Å².